The van der Waals surface area contributed by atoms with E-state index in [4.69, 9.17) is 15.2 Å². The zero-order valence-corrected chi connectivity index (χ0v) is 15.1. The van der Waals surface area contributed by atoms with Gasteiger partial charge >= 0.3 is 0 Å². The molecule has 1 aromatic heterocycles. The molecule has 3 aromatic carbocycles. The van der Waals surface area contributed by atoms with Gasteiger partial charge in [0, 0.05) is 11.1 Å². The van der Waals surface area contributed by atoms with Crippen LogP contribution in [-0.2, 0) is 0 Å². The van der Waals surface area contributed by atoms with Gasteiger partial charge in [0.1, 0.15) is 0 Å². The Hall–Kier alpha value is -3.60. The standard InChI is InChI=1S/C22H19N3O2/c1-26-20-11-10-15(12-21(20)27-2)18-13-19(25-22(23)24-18)17-9-5-7-14-6-3-4-8-16(14)17/h3-13H,1-2H3,(H2,23,24,25). The van der Waals surface area contributed by atoms with Crippen LogP contribution in [0, 0.1) is 0 Å². The van der Waals surface area contributed by atoms with Gasteiger partial charge in [0.05, 0.1) is 25.6 Å². The van der Waals surface area contributed by atoms with Gasteiger partial charge in [-0.3, -0.25) is 0 Å². The fourth-order valence-corrected chi connectivity index (χ4v) is 3.20. The van der Waals surface area contributed by atoms with Crippen LogP contribution in [-0.4, -0.2) is 24.2 Å². The van der Waals surface area contributed by atoms with E-state index in [1.807, 2.05) is 48.5 Å². The number of rotatable bonds is 4. The Morgan fingerprint density at radius 2 is 1.48 bits per heavy atom. The number of hydrogen-bond acceptors (Lipinski definition) is 5. The molecule has 2 N–H and O–H groups in total. The Labute approximate surface area is 157 Å². The summed E-state index contributed by atoms with van der Waals surface area (Å²) in [4.78, 5) is 8.88. The number of nitrogens with zero attached hydrogens (tertiary/aromatic N) is 2. The SMILES string of the molecule is COc1ccc(-c2cc(-c3cccc4ccccc34)nc(N)n2)cc1OC. The summed E-state index contributed by atoms with van der Waals surface area (Å²) in [7, 11) is 3.22. The molecule has 27 heavy (non-hydrogen) atoms. The molecule has 4 aromatic rings. The van der Waals surface area contributed by atoms with Crippen LogP contribution < -0.4 is 15.2 Å². The molecule has 0 amide bonds. The van der Waals surface area contributed by atoms with E-state index >= 15 is 0 Å². The lowest BCUT2D eigenvalue weighted by molar-refractivity contribution is 0.355. The number of nitrogen functional groups attached to an aromatic ring is 1. The molecule has 4 rings (SSSR count). The molecule has 0 bridgehead atoms. The van der Waals surface area contributed by atoms with Crippen LogP contribution >= 0.6 is 0 Å². The van der Waals surface area contributed by atoms with E-state index in [9.17, 15) is 0 Å². The van der Waals surface area contributed by atoms with Crippen LogP contribution in [0.25, 0.3) is 33.3 Å². The predicted molar refractivity (Wildman–Crippen MR) is 108 cm³/mol. The maximum Gasteiger partial charge on any atom is 0.221 e. The smallest absolute Gasteiger partial charge is 0.221 e. The summed E-state index contributed by atoms with van der Waals surface area (Å²) in [5.41, 5.74) is 9.43. The highest BCUT2D eigenvalue weighted by atomic mass is 16.5. The Morgan fingerprint density at radius 3 is 2.30 bits per heavy atom. The fourth-order valence-electron chi connectivity index (χ4n) is 3.20. The molecule has 0 atom stereocenters. The molecule has 0 aliphatic rings. The molecule has 134 valence electrons. The first-order valence-electron chi connectivity index (χ1n) is 8.54. The van der Waals surface area contributed by atoms with Crippen molar-refractivity contribution in [2.24, 2.45) is 0 Å². The number of nitrogens with two attached hydrogens (primary N) is 1. The average Bonchev–Trinajstić information content (AvgIpc) is 2.72. The van der Waals surface area contributed by atoms with E-state index in [1.165, 1.54) is 0 Å². The third-order valence-electron chi connectivity index (χ3n) is 4.49. The first kappa shape index (κ1) is 16.8. The lowest BCUT2D eigenvalue weighted by Crippen LogP contribution is -1.99. The van der Waals surface area contributed by atoms with Crippen molar-refractivity contribution in [2.75, 3.05) is 20.0 Å². The summed E-state index contributed by atoms with van der Waals surface area (Å²) in [5, 5.41) is 2.27. The summed E-state index contributed by atoms with van der Waals surface area (Å²) >= 11 is 0. The van der Waals surface area contributed by atoms with Gasteiger partial charge in [-0.05, 0) is 35.0 Å². The molecule has 5 heteroatoms. The molecule has 0 unspecified atom stereocenters. The van der Waals surface area contributed by atoms with Crippen LogP contribution in [0.1, 0.15) is 0 Å². The molecule has 0 fully saturated rings. The maximum atomic E-state index is 6.03. The lowest BCUT2D eigenvalue weighted by Gasteiger charge is -2.11. The van der Waals surface area contributed by atoms with Crippen molar-refractivity contribution in [1.29, 1.82) is 0 Å². The normalized spacial score (nSPS) is 10.7. The van der Waals surface area contributed by atoms with Gasteiger partial charge in [-0.2, -0.15) is 0 Å². The van der Waals surface area contributed by atoms with Crippen LogP contribution in [0.5, 0.6) is 11.5 Å². The van der Waals surface area contributed by atoms with Crippen LogP contribution in [0.2, 0.25) is 0 Å². The Balaban J connectivity index is 1.87. The minimum absolute atomic E-state index is 0.227. The van der Waals surface area contributed by atoms with E-state index in [2.05, 4.69) is 28.2 Å². The zero-order valence-electron chi connectivity index (χ0n) is 15.1. The lowest BCUT2D eigenvalue weighted by atomic mass is 10.0. The average molecular weight is 357 g/mol. The number of anilines is 1. The van der Waals surface area contributed by atoms with E-state index in [-0.39, 0.29) is 5.95 Å². The third-order valence-corrected chi connectivity index (χ3v) is 4.49. The van der Waals surface area contributed by atoms with Crippen LogP contribution in [0.15, 0.2) is 66.7 Å². The van der Waals surface area contributed by atoms with Crippen molar-refractivity contribution < 1.29 is 9.47 Å². The zero-order chi connectivity index (χ0) is 18.8. The number of ether oxygens (including phenoxy) is 2. The number of methoxy groups -OCH3 is 2. The quantitative estimate of drug-likeness (QED) is 0.580. The molecule has 0 aliphatic heterocycles. The van der Waals surface area contributed by atoms with E-state index in [0.717, 1.165) is 33.3 Å². The van der Waals surface area contributed by atoms with Crippen molar-refractivity contribution >= 4 is 16.7 Å². The summed E-state index contributed by atoms with van der Waals surface area (Å²) < 4.78 is 10.7. The highest BCUT2D eigenvalue weighted by Gasteiger charge is 2.12. The largest absolute Gasteiger partial charge is 0.493 e. The van der Waals surface area contributed by atoms with Gasteiger partial charge in [-0.15, -0.1) is 0 Å². The van der Waals surface area contributed by atoms with Gasteiger partial charge in [0.25, 0.3) is 0 Å². The second-order valence-corrected chi connectivity index (χ2v) is 6.09. The van der Waals surface area contributed by atoms with E-state index in [0.29, 0.717) is 11.5 Å². The Kier molecular flexibility index (Phi) is 4.34. The van der Waals surface area contributed by atoms with Crippen molar-refractivity contribution in [1.82, 2.24) is 9.97 Å². The fraction of sp³-hybridized carbons (Fsp3) is 0.0909. The van der Waals surface area contributed by atoms with Gasteiger partial charge in [0.2, 0.25) is 5.95 Å². The number of hydrogen-bond donors (Lipinski definition) is 1. The molecular weight excluding hydrogens is 338 g/mol. The summed E-state index contributed by atoms with van der Waals surface area (Å²) in [5.74, 6) is 1.53. The van der Waals surface area contributed by atoms with Crippen molar-refractivity contribution in [2.45, 2.75) is 0 Å². The molecular formula is C22H19N3O2. The van der Waals surface area contributed by atoms with Crippen LogP contribution in [0.4, 0.5) is 5.95 Å². The second-order valence-electron chi connectivity index (χ2n) is 6.09. The van der Waals surface area contributed by atoms with E-state index in [1.54, 1.807) is 14.2 Å². The minimum atomic E-state index is 0.227. The highest BCUT2D eigenvalue weighted by molar-refractivity contribution is 5.96. The Bertz CT molecular complexity index is 1120. The van der Waals surface area contributed by atoms with Crippen molar-refractivity contribution in [3.8, 4) is 34.0 Å². The summed E-state index contributed by atoms with van der Waals surface area (Å²) in [6, 6.07) is 22.0. The number of fused-ring (bicyclic) bond motifs is 1. The van der Waals surface area contributed by atoms with E-state index < -0.39 is 0 Å². The topological polar surface area (TPSA) is 70.3 Å². The first-order chi connectivity index (χ1) is 13.2. The Morgan fingerprint density at radius 1 is 0.741 bits per heavy atom. The van der Waals surface area contributed by atoms with Crippen molar-refractivity contribution in [3.05, 3.63) is 66.7 Å². The minimum Gasteiger partial charge on any atom is -0.493 e. The van der Waals surface area contributed by atoms with Gasteiger partial charge in [-0.25, -0.2) is 9.97 Å². The summed E-state index contributed by atoms with van der Waals surface area (Å²) in [6.07, 6.45) is 0. The molecule has 0 saturated heterocycles. The molecule has 0 aliphatic carbocycles. The van der Waals surface area contributed by atoms with Crippen molar-refractivity contribution in [3.63, 3.8) is 0 Å². The highest BCUT2D eigenvalue weighted by Crippen LogP contribution is 2.34. The molecule has 0 spiro atoms. The molecule has 5 nitrogen and oxygen atoms in total. The number of aromatic nitrogens is 2. The third kappa shape index (κ3) is 3.15. The molecule has 1 heterocycles. The molecule has 0 radical (unpaired) electrons. The summed E-state index contributed by atoms with van der Waals surface area (Å²) in [6.45, 7) is 0. The number of benzene rings is 3. The van der Waals surface area contributed by atoms with Crippen LogP contribution in [0.3, 0.4) is 0 Å². The first-order valence-corrected chi connectivity index (χ1v) is 8.54. The predicted octanol–water partition coefficient (Wildman–Crippen LogP) is 4.56. The molecule has 0 saturated carbocycles. The monoisotopic (exact) mass is 357 g/mol. The van der Waals surface area contributed by atoms with Gasteiger partial charge < -0.3 is 15.2 Å². The van der Waals surface area contributed by atoms with Gasteiger partial charge in [-0.1, -0.05) is 42.5 Å². The second kappa shape index (κ2) is 6.96. The van der Waals surface area contributed by atoms with Gasteiger partial charge in [0.15, 0.2) is 11.5 Å². The maximum absolute atomic E-state index is 6.03.